The summed E-state index contributed by atoms with van der Waals surface area (Å²) in [6, 6.07) is 8.35. The van der Waals surface area contributed by atoms with Gasteiger partial charge in [0.15, 0.2) is 5.75 Å². The number of carbonyl (C=O) groups excluding carboxylic acids is 3. The summed E-state index contributed by atoms with van der Waals surface area (Å²) in [4.78, 5) is 40.6. The fraction of sp³-hybridized carbons (Fsp3) is 0.292. The molecule has 1 atom stereocenters. The van der Waals surface area contributed by atoms with Gasteiger partial charge < -0.3 is 24.4 Å². The highest BCUT2D eigenvalue weighted by atomic mass is 35.5. The number of hydrogen-bond donors (Lipinski definition) is 1. The molecule has 1 heterocycles. The van der Waals surface area contributed by atoms with Crippen LogP contribution in [0.2, 0.25) is 10.0 Å². The summed E-state index contributed by atoms with van der Waals surface area (Å²) < 4.78 is 10.2. The molecule has 34 heavy (non-hydrogen) atoms. The third-order valence-corrected chi connectivity index (χ3v) is 5.82. The molecule has 1 fully saturated rings. The molecule has 0 saturated carbocycles. The van der Waals surface area contributed by atoms with Crippen LogP contribution in [-0.2, 0) is 14.4 Å². The monoisotopic (exact) mass is 506 g/mol. The van der Waals surface area contributed by atoms with E-state index in [1.165, 1.54) is 31.1 Å². The number of likely N-dealkylation sites (tertiary alicyclic amines) is 1. The van der Waals surface area contributed by atoms with Crippen LogP contribution in [0.5, 0.6) is 11.5 Å². The molecule has 8 nitrogen and oxygen atoms in total. The zero-order chi connectivity index (χ0) is 25.2. The van der Waals surface area contributed by atoms with Crippen LogP contribution in [-0.4, -0.2) is 66.9 Å². The average molecular weight is 507 g/mol. The maximum atomic E-state index is 13.1. The Morgan fingerprint density at radius 3 is 2.21 bits per heavy atom. The third-order valence-electron chi connectivity index (χ3n) is 5.26. The molecule has 3 rings (SSSR count). The van der Waals surface area contributed by atoms with Crippen LogP contribution in [0.15, 0.2) is 42.0 Å². The molecular formula is C24H24Cl2N2O6. The number of rotatable bonds is 7. The van der Waals surface area contributed by atoms with Crippen LogP contribution in [0.4, 0.5) is 0 Å². The number of likely N-dealkylation sites (N-methyl/N-ethyl adjacent to an activating group) is 1. The molecule has 0 spiro atoms. The van der Waals surface area contributed by atoms with E-state index in [-0.39, 0.29) is 33.5 Å². The van der Waals surface area contributed by atoms with Crippen molar-refractivity contribution in [1.82, 2.24) is 9.80 Å². The normalized spacial score (nSPS) is 17.4. The first kappa shape index (κ1) is 25.6. The Morgan fingerprint density at radius 1 is 1.12 bits per heavy atom. The minimum atomic E-state index is -0.869. The van der Waals surface area contributed by atoms with Crippen LogP contribution in [0, 0.1) is 0 Å². The molecule has 2 aromatic carbocycles. The lowest BCUT2D eigenvalue weighted by Crippen LogP contribution is -2.35. The number of methoxy groups -OCH3 is 1. The molecule has 0 radical (unpaired) electrons. The highest BCUT2D eigenvalue weighted by molar-refractivity contribution is 6.46. The van der Waals surface area contributed by atoms with E-state index in [1.54, 1.807) is 24.3 Å². The quantitative estimate of drug-likeness (QED) is 0.200. The van der Waals surface area contributed by atoms with E-state index < -0.39 is 29.5 Å². The summed E-state index contributed by atoms with van der Waals surface area (Å²) in [6.07, 6.45) is 0. The number of Topliss-reactive ketones (excluding diaryl/α,β-unsaturated/α-hetero) is 1. The maximum Gasteiger partial charge on any atom is 0.308 e. The molecule has 1 N–H and O–H groups in total. The number of ketones is 1. The second-order valence-corrected chi connectivity index (χ2v) is 8.75. The fourth-order valence-electron chi connectivity index (χ4n) is 3.70. The molecule has 1 aliphatic rings. The van der Waals surface area contributed by atoms with Gasteiger partial charge in [0.1, 0.15) is 11.5 Å². The van der Waals surface area contributed by atoms with Crippen molar-refractivity contribution in [2.24, 2.45) is 0 Å². The van der Waals surface area contributed by atoms with Gasteiger partial charge in [-0.2, -0.15) is 0 Å². The van der Waals surface area contributed by atoms with Crippen molar-refractivity contribution in [3.63, 3.8) is 0 Å². The smallest absolute Gasteiger partial charge is 0.308 e. The largest absolute Gasteiger partial charge is 0.507 e. The molecule has 0 aromatic heterocycles. The van der Waals surface area contributed by atoms with Gasteiger partial charge in [0.05, 0.1) is 28.8 Å². The van der Waals surface area contributed by atoms with Crippen molar-refractivity contribution in [2.45, 2.75) is 13.0 Å². The van der Waals surface area contributed by atoms with Gasteiger partial charge in [-0.1, -0.05) is 35.3 Å². The van der Waals surface area contributed by atoms with Crippen molar-refractivity contribution in [1.29, 1.82) is 0 Å². The van der Waals surface area contributed by atoms with Gasteiger partial charge in [0, 0.05) is 25.6 Å². The average Bonchev–Trinajstić information content (AvgIpc) is 3.01. The number of carbonyl (C=O) groups is 3. The lowest BCUT2D eigenvalue weighted by atomic mass is 9.95. The zero-order valence-corrected chi connectivity index (χ0v) is 20.6. The molecule has 0 aliphatic carbocycles. The summed E-state index contributed by atoms with van der Waals surface area (Å²) in [5, 5.41) is 11.4. The molecule has 180 valence electrons. The number of halogens is 2. The second kappa shape index (κ2) is 10.5. The Kier molecular flexibility index (Phi) is 7.86. The lowest BCUT2D eigenvalue weighted by molar-refractivity contribution is -0.140. The molecule has 1 aliphatic heterocycles. The van der Waals surface area contributed by atoms with E-state index in [4.69, 9.17) is 32.7 Å². The summed E-state index contributed by atoms with van der Waals surface area (Å²) in [7, 11) is 5.10. The van der Waals surface area contributed by atoms with Gasteiger partial charge in [0.2, 0.25) is 0 Å². The maximum absolute atomic E-state index is 13.1. The number of benzene rings is 2. The molecular weight excluding hydrogens is 483 g/mol. The van der Waals surface area contributed by atoms with E-state index in [1.807, 2.05) is 19.0 Å². The number of aliphatic hydroxyl groups is 1. The van der Waals surface area contributed by atoms with Crippen molar-refractivity contribution < 1.29 is 29.0 Å². The summed E-state index contributed by atoms with van der Waals surface area (Å²) >= 11 is 12.4. The molecule has 1 unspecified atom stereocenters. The number of aliphatic hydroxyl groups excluding tert-OH is 1. The summed E-state index contributed by atoms with van der Waals surface area (Å²) in [6.45, 7) is 2.03. The molecule has 1 saturated heterocycles. The Hall–Kier alpha value is -3.07. The van der Waals surface area contributed by atoms with E-state index >= 15 is 0 Å². The van der Waals surface area contributed by atoms with Crippen LogP contribution in [0.25, 0.3) is 5.76 Å². The standard InChI is InChI=1S/C24H24Cl2N2O6/c1-13(29)34-16-7-5-14(6-8-16)20-19(22(31)24(32)28(20)10-9-27(2)3)21(30)15-11-17(25)23(33-4)18(26)12-15/h5-8,11-12,20,30H,9-10H2,1-4H3/b21-19+. The lowest BCUT2D eigenvalue weighted by Gasteiger charge is -2.26. The zero-order valence-electron chi connectivity index (χ0n) is 19.1. The third kappa shape index (κ3) is 5.19. The number of hydrogen-bond acceptors (Lipinski definition) is 7. The SMILES string of the molecule is COc1c(Cl)cc(/C(O)=C2\C(=O)C(=O)N(CCN(C)C)C2c2ccc(OC(C)=O)cc2)cc1Cl. The predicted octanol–water partition coefficient (Wildman–Crippen LogP) is 3.91. The minimum absolute atomic E-state index is 0.0960. The van der Waals surface area contributed by atoms with Crippen LogP contribution in [0.1, 0.15) is 24.1 Å². The Labute approximate surface area is 207 Å². The topological polar surface area (TPSA) is 96.4 Å². The Bertz CT molecular complexity index is 1140. The van der Waals surface area contributed by atoms with Gasteiger partial charge in [0.25, 0.3) is 11.7 Å². The first-order valence-electron chi connectivity index (χ1n) is 10.3. The Balaban J connectivity index is 2.15. The predicted molar refractivity (Wildman–Crippen MR) is 128 cm³/mol. The molecule has 10 heteroatoms. The van der Waals surface area contributed by atoms with Gasteiger partial charge in [-0.05, 0) is 43.9 Å². The summed E-state index contributed by atoms with van der Waals surface area (Å²) in [5.74, 6) is -1.90. The van der Waals surface area contributed by atoms with E-state index in [9.17, 15) is 19.5 Å². The van der Waals surface area contributed by atoms with Crippen molar-refractivity contribution in [3.05, 3.63) is 63.1 Å². The summed E-state index contributed by atoms with van der Waals surface area (Å²) in [5.41, 5.74) is 0.630. The van der Waals surface area contributed by atoms with Crippen LogP contribution >= 0.6 is 23.2 Å². The molecule has 0 bridgehead atoms. The number of esters is 1. The van der Waals surface area contributed by atoms with E-state index in [2.05, 4.69) is 0 Å². The highest BCUT2D eigenvalue weighted by Gasteiger charge is 2.46. The highest BCUT2D eigenvalue weighted by Crippen LogP contribution is 2.42. The first-order chi connectivity index (χ1) is 16.0. The van der Waals surface area contributed by atoms with Gasteiger partial charge >= 0.3 is 5.97 Å². The number of nitrogens with zero attached hydrogens (tertiary/aromatic N) is 2. The van der Waals surface area contributed by atoms with E-state index in [0.717, 1.165) is 0 Å². The van der Waals surface area contributed by atoms with Crippen molar-refractivity contribution >= 4 is 46.6 Å². The van der Waals surface area contributed by atoms with Gasteiger partial charge in [-0.3, -0.25) is 14.4 Å². The minimum Gasteiger partial charge on any atom is -0.507 e. The molecule has 2 aromatic rings. The van der Waals surface area contributed by atoms with E-state index in [0.29, 0.717) is 17.9 Å². The fourth-order valence-corrected chi connectivity index (χ4v) is 4.34. The molecule has 1 amide bonds. The number of amides is 1. The first-order valence-corrected chi connectivity index (χ1v) is 11.1. The van der Waals surface area contributed by atoms with Gasteiger partial charge in [-0.15, -0.1) is 0 Å². The second-order valence-electron chi connectivity index (χ2n) is 7.93. The van der Waals surface area contributed by atoms with Crippen molar-refractivity contribution in [3.8, 4) is 11.5 Å². The van der Waals surface area contributed by atoms with Crippen LogP contribution in [0.3, 0.4) is 0 Å². The van der Waals surface area contributed by atoms with Crippen LogP contribution < -0.4 is 9.47 Å². The Morgan fingerprint density at radius 2 is 1.71 bits per heavy atom. The number of ether oxygens (including phenoxy) is 2. The van der Waals surface area contributed by atoms with Crippen molar-refractivity contribution in [2.75, 3.05) is 34.3 Å². The van der Waals surface area contributed by atoms with Gasteiger partial charge in [-0.25, -0.2) is 0 Å².